The molecule has 0 fully saturated rings. The summed E-state index contributed by atoms with van der Waals surface area (Å²) >= 11 is 5.80. The Kier molecular flexibility index (Phi) is 5.77. The third-order valence-electron chi connectivity index (χ3n) is 2.80. The fraction of sp³-hybridized carbons (Fsp3) is 0.0588. The summed E-state index contributed by atoms with van der Waals surface area (Å²) in [5, 5.41) is 3.63. The third kappa shape index (κ3) is 5.48. The van der Waals surface area contributed by atoms with E-state index in [9.17, 15) is 9.59 Å². The SMILES string of the molecule is C/C(=C\C(=O)ONC(=O)c1ccccc1)Nc1ccc(Cl)cc1. The van der Waals surface area contributed by atoms with Gasteiger partial charge in [0.1, 0.15) is 0 Å². The molecule has 0 spiro atoms. The predicted molar refractivity (Wildman–Crippen MR) is 88.8 cm³/mol. The highest BCUT2D eigenvalue weighted by atomic mass is 35.5. The Morgan fingerprint density at radius 2 is 1.70 bits per heavy atom. The molecule has 0 saturated carbocycles. The molecule has 0 radical (unpaired) electrons. The van der Waals surface area contributed by atoms with Gasteiger partial charge in [-0.15, -0.1) is 0 Å². The molecule has 0 aromatic heterocycles. The quantitative estimate of drug-likeness (QED) is 0.664. The molecule has 118 valence electrons. The summed E-state index contributed by atoms with van der Waals surface area (Å²) < 4.78 is 0. The fourth-order valence-corrected chi connectivity index (χ4v) is 1.87. The Labute approximate surface area is 138 Å². The van der Waals surface area contributed by atoms with Crippen LogP contribution in [0.1, 0.15) is 17.3 Å². The first-order valence-corrected chi connectivity index (χ1v) is 7.19. The number of benzene rings is 2. The van der Waals surface area contributed by atoms with Crippen LogP contribution < -0.4 is 10.8 Å². The zero-order valence-electron chi connectivity index (χ0n) is 12.4. The number of amides is 1. The molecule has 2 N–H and O–H groups in total. The second kappa shape index (κ2) is 8.00. The lowest BCUT2D eigenvalue weighted by Gasteiger charge is -2.07. The average Bonchev–Trinajstić information content (AvgIpc) is 2.55. The molecule has 23 heavy (non-hydrogen) atoms. The highest BCUT2D eigenvalue weighted by molar-refractivity contribution is 6.30. The van der Waals surface area contributed by atoms with Crippen LogP contribution in [-0.2, 0) is 9.63 Å². The zero-order valence-corrected chi connectivity index (χ0v) is 13.1. The fourth-order valence-electron chi connectivity index (χ4n) is 1.75. The predicted octanol–water partition coefficient (Wildman–Crippen LogP) is 3.54. The molecule has 0 bridgehead atoms. The number of rotatable bonds is 4. The molecule has 0 atom stereocenters. The van der Waals surface area contributed by atoms with Crippen LogP contribution in [0.15, 0.2) is 66.4 Å². The molecule has 0 saturated heterocycles. The van der Waals surface area contributed by atoms with Crippen molar-refractivity contribution in [3.8, 4) is 0 Å². The zero-order chi connectivity index (χ0) is 16.7. The van der Waals surface area contributed by atoms with Gasteiger partial charge in [-0.2, -0.15) is 5.48 Å². The minimum Gasteiger partial charge on any atom is -0.359 e. The van der Waals surface area contributed by atoms with Gasteiger partial charge in [-0.3, -0.25) is 4.79 Å². The molecule has 5 nitrogen and oxygen atoms in total. The van der Waals surface area contributed by atoms with E-state index in [0.717, 1.165) is 5.69 Å². The molecule has 1 amide bonds. The third-order valence-corrected chi connectivity index (χ3v) is 3.05. The summed E-state index contributed by atoms with van der Waals surface area (Å²) in [4.78, 5) is 28.1. The van der Waals surface area contributed by atoms with Crippen LogP contribution in [0.2, 0.25) is 5.02 Å². The Balaban J connectivity index is 1.85. The summed E-state index contributed by atoms with van der Waals surface area (Å²) in [6, 6.07) is 15.5. The van der Waals surface area contributed by atoms with E-state index >= 15 is 0 Å². The van der Waals surface area contributed by atoms with Crippen molar-refractivity contribution in [3.05, 3.63) is 77.0 Å². The molecule has 0 aliphatic rings. The summed E-state index contributed by atoms with van der Waals surface area (Å²) in [6.45, 7) is 1.70. The van der Waals surface area contributed by atoms with Crippen molar-refractivity contribution in [2.45, 2.75) is 6.92 Å². The Morgan fingerprint density at radius 1 is 1.04 bits per heavy atom. The highest BCUT2D eigenvalue weighted by Gasteiger charge is 2.07. The number of nitrogens with one attached hydrogen (secondary N) is 2. The first-order valence-electron chi connectivity index (χ1n) is 6.81. The second-order valence-corrected chi connectivity index (χ2v) is 5.11. The Bertz CT molecular complexity index is 712. The van der Waals surface area contributed by atoms with Gasteiger partial charge >= 0.3 is 5.97 Å². The molecule has 0 heterocycles. The van der Waals surface area contributed by atoms with Crippen LogP contribution in [0.4, 0.5) is 5.69 Å². The summed E-state index contributed by atoms with van der Waals surface area (Å²) in [7, 11) is 0. The van der Waals surface area contributed by atoms with E-state index < -0.39 is 11.9 Å². The monoisotopic (exact) mass is 330 g/mol. The molecule has 0 aliphatic heterocycles. The molecular weight excluding hydrogens is 316 g/mol. The number of halogens is 1. The normalized spacial score (nSPS) is 10.8. The van der Waals surface area contributed by atoms with E-state index in [1.54, 1.807) is 61.5 Å². The van der Waals surface area contributed by atoms with Crippen molar-refractivity contribution < 1.29 is 14.4 Å². The van der Waals surface area contributed by atoms with Gasteiger partial charge in [0, 0.05) is 28.0 Å². The van der Waals surface area contributed by atoms with Gasteiger partial charge in [-0.05, 0) is 43.3 Å². The van der Waals surface area contributed by atoms with Gasteiger partial charge in [-0.1, -0.05) is 29.8 Å². The number of hydroxylamine groups is 1. The van der Waals surface area contributed by atoms with Crippen LogP contribution in [0.3, 0.4) is 0 Å². The van der Waals surface area contributed by atoms with Crippen LogP contribution in [0.5, 0.6) is 0 Å². The van der Waals surface area contributed by atoms with Gasteiger partial charge in [0.15, 0.2) is 0 Å². The number of hydrogen-bond acceptors (Lipinski definition) is 4. The van der Waals surface area contributed by atoms with Crippen LogP contribution in [0, 0.1) is 0 Å². The average molecular weight is 331 g/mol. The van der Waals surface area contributed by atoms with Crippen molar-refractivity contribution in [2.75, 3.05) is 5.32 Å². The molecule has 6 heteroatoms. The number of carbonyl (C=O) groups excluding carboxylic acids is 2. The summed E-state index contributed by atoms with van der Waals surface area (Å²) in [5.41, 5.74) is 3.84. The molecule has 2 aromatic rings. The molecule has 0 aliphatic carbocycles. The maximum Gasteiger partial charge on any atom is 0.357 e. The minimum atomic E-state index is -0.687. The van der Waals surface area contributed by atoms with E-state index in [-0.39, 0.29) is 0 Å². The van der Waals surface area contributed by atoms with E-state index in [0.29, 0.717) is 16.3 Å². The maximum atomic E-state index is 11.7. The van der Waals surface area contributed by atoms with Gasteiger partial charge in [0.2, 0.25) is 0 Å². The van der Waals surface area contributed by atoms with Crippen LogP contribution in [0.25, 0.3) is 0 Å². The smallest absolute Gasteiger partial charge is 0.357 e. The lowest BCUT2D eigenvalue weighted by molar-refractivity contribution is -0.142. The number of hydrogen-bond donors (Lipinski definition) is 2. The Morgan fingerprint density at radius 3 is 2.35 bits per heavy atom. The first-order chi connectivity index (χ1) is 11.0. The lowest BCUT2D eigenvalue weighted by atomic mass is 10.2. The minimum absolute atomic E-state index is 0.403. The van der Waals surface area contributed by atoms with Crippen molar-refractivity contribution in [1.29, 1.82) is 0 Å². The van der Waals surface area contributed by atoms with Crippen molar-refractivity contribution in [3.63, 3.8) is 0 Å². The second-order valence-electron chi connectivity index (χ2n) is 4.68. The van der Waals surface area contributed by atoms with E-state index in [2.05, 4.69) is 10.8 Å². The largest absolute Gasteiger partial charge is 0.359 e. The highest BCUT2D eigenvalue weighted by Crippen LogP contribution is 2.14. The lowest BCUT2D eigenvalue weighted by Crippen LogP contribution is -2.26. The summed E-state index contributed by atoms with van der Waals surface area (Å²) in [5.74, 6) is -1.18. The topological polar surface area (TPSA) is 67.4 Å². The number of carbonyl (C=O) groups is 2. The van der Waals surface area contributed by atoms with Crippen molar-refractivity contribution >= 4 is 29.2 Å². The van der Waals surface area contributed by atoms with E-state index in [4.69, 9.17) is 16.4 Å². The number of anilines is 1. The van der Waals surface area contributed by atoms with Gasteiger partial charge in [-0.25, -0.2) is 4.79 Å². The van der Waals surface area contributed by atoms with Crippen molar-refractivity contribution in [1.82, 2.24) is 5.48 Å². The van der Waals surface area contributed by atoms with E-state index in [1.165, 1.54) is 6.08 Å². The van der Waals surface area contributed by atoms with Gasteiger partial charge in [0.25, 0.3) is 5.91 Å². The summed E-state index contributed by atoms with van der Waals surface area (Å²) in [6.07, 6.45) is 1.24. The van der Waals surface area contributed by atoms with Crippen LogP contribution >= 0.6 is 11.6 Å². The van der Waals surface area contributed by atoms with Crippen LogP contribution in [-0.4, -0.2) is 11.9 Å². The first kappa shape index (κ1) is 16.6. The van der Waals surface area contributed by atoms with Crippen molar-refractivity contribution in [2.24, 2.45) is 0 Å². The molecule has 0 unspecified atom stereocenters. The molecular formula is C17H15ClN2O3. The standard InChI is InChI=1S/C17H15ClN2O3/c1-12(19-15-9-7-14(18)8-10-15)11-16(21)23-20-17(22)13-5-3-2-4-6-13/h2-11,19H,1H3,(H,20,22)/b12-11+. The molecule has 2 rings (SSSR count). The van der Waals surface area contributed by atoms with Gasteiger partial charge in [0.05, 0.1) is 0 Å². The molecule has 2 aromatic carbocycles. The van der Waals surface area contributed by atoms with Gasteiger partial charge < -0.3 is 10.2 Å². The Hall–Kier alpha value is -2.79. The maximum absolute atomic E-state index is 11.7. The van der Waals surface area contributed by atoms with E-state index in [1.807, 2.05) is 0 Å². The number of allylic oxidation sites excluding steroid dienone is 1.